The summed E-state index contributed by atoms with van der Waals surface area (Å²) in [5, 5.41) is 0.912. The van der Waals surface area contributed by atoms with Crippen molar-refractivity contribution >= 4 is 21.7 Å². The Hall–Kier alpha value is -0.780. The second kappa shape index (κ2) is 5.47. The molecule has 0 amide bonds. The van der Waals surface area contributed by atoms with Crippen LogP contribution in [0.25, 0.3) is 0 Å². The van der Waals surface area contributed by atoms with E-state index in [1.165, 1.54) is 12.3 Å². The number of piperidine rings is 1. The maximum atomic E-state index is 12.9. The molecular formula is C12H14BrF3N2. The molecule has 0 bridgehead atoms. The number of nitrogens with zero attached hydrogens (tertiary/aromatic N) is 2. The van der Waals surface area contributed by atoms with Gasteiger partial charge in [0.1, 0.15) is 5.82 Å². The number of aromatic nitrogens is 1. The summed E-state index contributed by atoms with van der Waals surface area (Å²) in [5.74, 6) is 0.623. The summed E-state index contributed by atoms with van der Waals surface area (Å²) in [6.07, 6.45) is -1.12. The number of alkyl halides is 4. The van der Waals surface area contributed by atoms with Crippen LogP contribution in [0.15, 0.2) is 18.3 Å². The Morgan fingerprint density at radius 1 is 1.33 bits per heavy atom. The molecule has 18 heavy (non-hydrogen) atoms. The number of halogens is 4. The molecule has 0 radical (unpaired) electrons. The molecule has 100 valence electrons. The lowest BCUT2D eigenvalue weighted by Crippen LogP contribution is -2.36. The summed E-state index contributed by atoms with van der Waals surface area (Å²) >= 11 is 3.42. The van der Waals surface area contributed by atoms with Crippen LogP contribution in [0.1, 0.15) is 18.4 Å². The molecule has 2 nitrogen and oxygen atoms in total. The lowest BCUT2D eigenvalue weighted by molar-refractivity contribution is -0.137. The zero-order chi connectivity index (χ0) is 13.2. The van der Waals surface area contributed by atoms with E-state index in [1.54, 1.807) is 4.90 Å². The summed E-state index contributed by atoms with van der Waals surface area (Å²) < 4.78 is 38.6. The van der Waals surface area contributed by atoms with Gasteiger partial charge in [-0.2, -0.15) is 13.2 Å². The van der Waals surface area contributed by atoms with E-state index in [2.05, 4.69) is 20.9 Å². The minimum atomic E-state index is -4.34. The molecule has 0 saturated carbocycles. The summed E-state index contributed by atoms with van der Waals surface area (Å²) in [4.78, 5) is 5.65. The predicted molar refractivity (Wildman–Crippen MR) is 68.0 cm³/mol. The lowest BCUT2D eigenvalue weighted by atomic mass is 9.99. The Kier molecular flexibility index (Phi) is 4.14. The van der Waals surface area contributed by atoms with E-state index >= 15 is 0 Å². The van der Waals surface area contributed by atoms with Gasteiger partial charge in [0.25, 0.3) is 0 Å². The fourth-order valence-electron chi connectivity index (χ4n) is 2.17. The highest BCUT2D eigenvalue weighted by atomic mass is 79.9. The molecule has 1 aliphatic rings. The molecule has 0 N–H and O–H groups in total. The van der Waals surface area contributed by atoms with Gasteiger partial charge >= 0.3 is 6.18 Å². The van der Waals surface area contributed by atoms with Crippen LogP contribution in [-0.4, -0.2) is 23.4 Å². The maximum Gasteiger partial charge on any atom is 0.419 e. The second-order valence-corrected chi connectivity index (χ2v) is 5.10. The first-order valence-corrected chi connectivity index (χ1v) is 6.97. The fourth-order valence-corrected chi connectivity index (χ4v) is 2.82. The quantitative estimate of drug-likeness (QED) is 0.772. The van der Waals surface area contributed by atoms with Gasteiger partial charge in [0, 0.05) is 24.6 Å². The molecule has 1 aromatic heterocycles. The van der Waals surface area contributed by atoms with Crippen molar-refractivity contribution < 1.29 is 13.2 Å². The molecule has 1 aliphatic heterocycles. The summed E-state index contributed by atoms with van der Waals surface area (Å²) in [7, 11) is 0. The minimum Gasteiger partial charge on any atom is -0.356 e. The van der Waals surface area contributed by atoms with Crippen molar-refractivity contribution in [1.82, 2.24) is 4.98 Å². The molecule has 2 heterocycles. The first-order chi connectivity index (χ1) is 8.52. The average molecular weight is 323 g/mol. The van der Waals surface area contributed by atoms with Crippen molar-refractivity contribution in [2.24, 2.45) is 5.92 Å². The van der Waals surface area contributed by atoms with E-state index in [0.717, 1.165) is 24.2 Å². The molecular weight excluding hydrogens is 309 g/mol. The van der Waals surface area contributed by atoms with Crippen molar-refractivity contribution in [1.29, 1.82) is 0 Å². The molecule has 0 aliphatic carbocycles. The first kappa shape index (κ1) is 13.6. The van der Waals surface area contributed by atoms with Gasteiger partial charge < -0.3 is 4.90 Å². The van der Waals surface area contributed by atoms with Gasteiger partial charge in [-0.25, -0.2) is 4.98 Å². The molecule has 0 atom stereocenters. The predicted octanol–water partition coefficient (Wildman–Crippen LogP) is 3.71. The van der Waals surface area contributed by atoms with Gasteiger partial charge in [0.05, 0.1) is 5.56 Å². The topological polar surface area (TPSA) is 16.1 Å². The molecule has 0 aromatic carbocycles. The standard InChI is InChI=1S/C12H14BrF3N2/c13-8-9-3-6-18(7-4-9)11-10(12(14,15)16)2-1-5-17-11/h1-2,5,9H,3-4,6-8H2. The van der Waals surface area contributed by atoms with Crippen LogP contribution in [0.5, 0.6) is 0 Å². The summed E-state index contributed by atoms with van der Waals surface area (Å²) in [6.45, 7) is 1.27. The van der Waals surface area contributed by atoms with Crippen LogP contribution in [0.3, 0.4) is 0 Å². The Morgan fingerprint density at radius 2 is 2.00 bits per heavy atom. The van der Waals surface area contributed by atoms with Crippen LogP contribution in [-0.2, 0) is 6.18 Å². The number of pyridine rings is 1. The number of hydrogen-bond acceptors (Lipinski definition) is 2. The van der Waals surface area contributed by atoms with Gasteiger partial charge in [-0.1, -0.05) is 15.9 Å². The Balaban J connectivity index is 2.19. The van der Waals surface area contributed by atoms with E-state index in [1.807, 2.05) is 0 Å². The number of anilines is 1. The monoisotopic (exact) mass is 322 g/mol. The maximum absolute atomic E-state index is 12.9. The van der Waals surface area contributed by atoms with E-state index in [4.69, 9.17) is 0 Å². The van der Waals surface area contributed by atoms with Crippen LogP contribution in [0, 0.1) is 5.92 Å². The third kappa shape index (κ3) is 2.96. The summed E-state index contributed by atoms with van der Waals surface area (Å²) in [6, 6.07) is 2.43. The van der Waals surface area contributed by atoms with Gasteiger partial charge in [-0.05, 0) is 30.9 Å². The normalized spacial score (nSPS) is 18.1. The first-order valence-electron chi connectivity index (χ1n) is 5.85. The Labute approximate surface area is 112 Å². The Morgan fingerprint density at radius 3 is 2.56 bits per heavy atom. The minimum absolute atomic E-state index is 0.0676. The largest absolute Gasteiger partial charge is 0.419 e. The van der Waals surface area contributed by atoms with Gasteiger partial charge in [0.2, 0.25) is 0 Å². The summed E-state index contributed by atoms with van der Waals surface area (Å²) in [5.41, 5.74) is -0.637. The highest BCUT2D eigenvalue weighted by Gasteiger charge is 2.36. The van der Waals surface area contributed by atoms with E-state index in [0.29, 0.717) is 19.0 Å². The highest BCUT2D eigenvalue weighted by Crippen LogP contribution is 2.36. The molecule has 6 heteroatoms. The SMILES string of the molecule is FC(F)(F)c1cccnc1N1CCC(CBr)CC1. The highest BCUT2D eigenvalue weighted by molar-refractivity contribution is 9.09. The van der Waals surface area contributed by atoms with E-state index < -0.39 is 11.7 Å². The fraction of sp³-hybridized carbons (Fsp3) is 0.583. The van der Waals surface area contributed by atoms with E-state index in [-0.39, 0.29) is 5.82 Å². The van der Waals surface area contributed by atoms with E-state index in [9.17, 15) is 13.2 Å². The molecule has 0 unspecified atom stereocenters. The smallest absolute Gasteiger partial charge is 0.356 e. The lowest BCUT2D eigenvalue weighted by Gasteiger charge is -2.33. The molecule has 0 spiro atoms. The average Bonchev–Trinajstić information content (AvgIpc) is 2.38. The van der Waals surface area contributed by atoms with Crippen LogP contribution >= 0.6 is 15.9 Å². The van der Waals surface area contributed by atoms with Crippen LogP contribution < -0.4 is 4.90 Å². The third-order valence-electron chi connectivity index (χ3n) is 3.22. The molecule has 1 saturated heterocycles. The Bertz CT molecular complexity index is 401. The zero-order valence-electron chi connectivity index (χ0n) is 9.75. The van der Waals surface area contributed by atoms with Gasteiger partial charge in [-0.15, -0.1) is 0 Å². The van der Waals surface area contributed by atoms with Crippen molar-refractivity contribution in [3.63, 3.8) is 0 Å². The zero-order valence-corrected chi connectivity index (χ0v) is 11.3. The number of rotatable bonds is 2. The van der Waals surface area contributed by atoms with Gasteiger partial charge in [-0.3, -0.25) is 0 Å². The van der Waals surface area contributed by atoms with Crippen molar-refractivity contribution in [2.75, 3.05) is 23.3 Å². The van der Waals surface area contributed by atoms with Crippen LogP contribution in [0.4, 0.5) is 19.0 Å². The van der Waals surface area contributed by atoms with Crippen LogP contribution in [0.2, 0.25) is 0 Å². The van der Waals surface area contributed by atoms with Crippen molar-refractivity contribution in [3.8, 4) is 0 Å². The van der Waals surface area contributed by atoms with Crippen molar-refractivity contribution in [3.05, 3.63) is 23.9 Å². The third-order valence-corrected chi connectivity index (χ3v) is 4.14. The molecule has 1 aromatic rings. The van der Waals surface area contributed by atoms with Crippen molar-refractivity contribution in [2.45, 2.75) is 19.0 Å². The number of hydrogen-bond donors (Lipinski definition) is 0. The van der Waals surface area contributed by atoms with Gasteiger partial charge in [0.15, 0.2) is 0 Å². The molecule has 2 rings (SSSR count). The second-order valence-electron chi connectivity index (χ2n) is 4.46. The molecule has 1 fully saturated rings.